The van der Waals surface area contributed by atoms with Gasteiger partial charge in [0.15, 0.2) is 6.19 Å². The third kappa shape index (κ3) is 4.58. The number of urea groups is 1. The molecule has 0 radical (unpaired) electrons. The van der Waals surface area contributed by atoms with Crippen molar-refractivity contribution in [1.29, 1.82) is 5.26 Å². The predicted octanol–water partition coefficient (Wildman–Crippen LogP) is 1.29. The number of nitriles is 1. The molecule has 0 aliphatic rings. The summed E-state index contributed by atoms with van der Waals surface area (Å²) in [6, 6.07) is -0.507. The monoisotopic (exact) mass is 271 g/mol. The zero-order valence-electron chi connectivity index (χ0n) is 9.30. The molecule has 2 N–H and O–H groups in total. The number of hydrogen-bond acceptors (Lipinski definition) is 5. The van der Waals surface area contributed by atoms with E-state index >= 15 is 0 Å². The highest BCUT2D eigenvalue weighted by Gasteiger charge is 2.06. The Kier molecular flexibility index (Phi) is 5.72. The normalized spacial score (nSPS) is 9.71. The number of H-pyrrole nitrogens is 1. The summed E-state index contributed by atoms with van der Waals surface area (Å²) in [7, 11) is 0. The summed E-state index contributed by atoms with van der Waals surface area (Å²) in [4.78, 5) is 18.3. The van der Waals surface area contributed by atoms with Gasteiger partial charge in [-0.1, -0.05) is 0 Å². The minimum atomic E-state index is -0.507. The zero-order valence-corrected chi connectivity index (χ0v) is 11.0. The van der Waals surface area contributed by atoms with Crippen LogP contribution in [0.15, 0.2) is 6.33 Å². The van der Waals surface area contributed by atoms with Gasteiger partial charge in [0.2, 0.25) is 0 Å². The molecular weight excluding hydrogens is 258 g/mol. The van der Waals surface area contributed by atoms with Gasteiger partial charge in [0.1, 0.15) is 0 Å². The van der Waals surface area contributed by atoms with Crippen molar-refractivity contribution in [1.82, 2.24) is 19.6 Å². The number of thioether (sulfide) groups is 1. The molecule has 1 rings (SSSR count). The van der Waals surface area contributed by atoms with E-state index in [1.807, 2.05) is 6.92 Å². The number of aromatic amines is 1. The van der Waals surface area contributed by atoms with E-state index in [2.05, 4.69) is 28.1 Å². The number of aromatic nitrogens is 2. The molecule has 0 spiro atoms. The van der Waals surface area contributed by atoms with E-state index in [1.54, 1.807) is 24.3 Å². The first-order valence-corrected chi connectivity index (χ1v) is 6.43. The largest absolute Gasteiger partial charge is 0.348 e. The minimum Gasteiger partial charge on any atom is -0.348 e. The number of nitrogens with zero attached hydrogens (tertiary/aromatic N) is 3. The summed E-state index contributed by atoms with van der Waals surface area (Å²) in [5.74, 6) is 1.55. The summed E-state index contributed by atoms with van der Waals surface area (Å²) in [5, 5.41) is 11.0. The van der Waals surface area contributed by atoms with E-state index in [0.29, 0.717) is 10.8 Å². The quantitative estimate of drug-likeness (QED) is 0.326. The Morgan fingerprint density at radius 1 is 1.82 bits per heavy atom. The van der Waals surface area contributed by atoms with Gasteiger partial charge in [-0.2, -0.15) is 21.3 Å². The van der Waals surface area contributed by atoms with Crippen molar-refractivity contribution < 1.29 is 4.79 Å². The second-order valence-corrected chi connectivity index (χ2v) is 4.68. The zero-order chi connectivity index (χ0) is 12.7. The lowest BCUT2D eigenvalue weighted by Crippen LogP contribution is -2.32. The highest BCUT2D eigenvalue weighted by atomic mass is 32.2. The summed E-state index contributed by atoms with van der Waals surface area (Å²) in [5.41, 5.74) is 2.08. The molecule has 2 amide bonds. The van der Waals surface area contributed by atoms with Gasteiger partial charge in [-0.05, 0) is 19.7 Å². The average molecular weight is 271 g/mol. The van der Waals surface area contributed by atoms with Gasteiger partial charge in [0, 0.05) is 23.7 Å². The molecule has 8 heteroatoms. The third-order valence-corrected chi connectivity index (χ3v) is 3.22. The summed E-state index contributed by atoms with van der Waals surface area (Å²) in [6.07, 6.45) is 3.27. The van der Waals surface area contributed by atoms with Gasteiger partial charge in [-0.3, -0.25) is 0 Å². The van der Waals surface area contributed by atoms with Gasteiger partial charge >= 0.3 is 6.03 Å². The molecule has 1 heterocycles. The molecule has 0 saturated carbocycles. The average Bonchev–Trinajstić information content (AvgIpc) is 2.73. The molecule has 1 aromatic heterocycles. The molecule has 6 nitrogen and oxygen atoms in total. The van der Waals surface area contributed by atoms with Crippen LogP contribution in [0, 0.1) is 18.4 Å². The Labute approximate surface area is 109 Å². The van der Waals surface area contributed by atoms with Crippen LogP contribution in [-0.2, 0) is 5.75 Å². The Hall–Kier alpha value is -1.33. The van der Waals surface area contributed by atoms with E-state index in [4.69, 9.17) is 5.26 Å². The van der Waals surface area contributed by atoms with Gasteiger partial charge < -0.3 is 10.3 Å². The molecule has 92 valence electrons. The maximum absolute atomic E-state index is 11.1. The van der Waals surface area contributed by atoms with Crippen molar-refractivity contribution in [2.75, 3.05) is 12.3 Å². The lowest BCUT2D eigenvalue weighted by molar-refractivity contribution is 0.235. The number of carbonyl (C=O) groups is 1. The van der Waals surface area contributed by atoms with Crippen LogP contribution in [0.25, 0.3) is 0 Å². The van der Waals surface area contributed by atoms with E-state index in [-0.39, 0.29) is 0 Å². The Balaban J connectivity index is 2.12. The van der Waals surface area contributed by atoms with Gasteiger partial charge in [-0.15, -0.1) is 0 Å². The first-order chi connectivity index (χ1) is 8.15. The number of hydrogen-bond donors (Lipinski definition) is 3. The molecule has 0 bridgehead atoms. The van der Waals surface area contributed by atoms with Gasteiger partial charge in [0.05, 0.1) is 12.0 Å². The highest BCUT2D eigenvalue weighted by Crippen LogP contribution is 2.11. The van der Waals surface area contributed by atoms with Crippen LogP contribution in [0.1, 0.15) is 11.4 Å². The first kappa shape index (κ1) is 13.7. The van der Waals surface area contributed by atoms with Gasteiger partial charge in [0.25, 0.3) is 0 Å². The molecule has 0 unspecified atom stereocenters. The molecular formula is C9H13N5OS2. The second-order valence-electron chi connectivity index (χ2n) is 3.17. The molecule has 0 atom stereocenters. The van der Waals surface area contributed by atoms with Crippen LogP contribution >= 0.6 is 24.6 Å². The summed E-state index contributed by atoms with van der Waals surface area (Å²) < 4.78 is 0.655. The molecule has 0 fully saturated rings. The standard InChI is InChI=1S/C9H13N5OS2/c1-7-8(13-6-12-7)4-17-3-2-11-9(15)14(16)5-10/h6,16H,2-4H2,1H3,(H,11,15)(H,12,13). The van der Waals surface area contributed by atoms with Crippen LogP contribution < -0.4 is 5.32 Å². The topological polar surface area (TPSA) is 84.8 Å². The number of nitrogens with one attached hydrogen (secondary N) is 2. The molecule has 0 saturated heterocycles. The van der Waals surface area contributed by atoms with Crippen molar-refractivity contribution in [2.24, 2.45) is 0 Å². The fraction of sp³-hybridized carbons (Fsp3) is 0.444. The molecule has 0 aromatic carbocycles. The number of rotatable bonds is 5. The molecule has 17 heavy (non-hydrogen) atoms. The highest BCUT2D eigenvalue weighted by molar-refractivity contribution is 7.98. The molecule has 0 aliphatic carbocycles. The van der Waals surface area contributed by atoms with Crippen LogP contribution in [-0.4, -0.2) is 32.6 Å². The van der Waals surface area contributed by atoms with E-state index in [9.17, 15) is 4.79 Å². The second kappa shape index (κ2) is 7.09. The fourth-order valence-electron chi connectivity index (χ4n) is 1.05. The van der Waals surface area contributed by atoms with Crippen LogP contribution in [0.5, 0.6) is 0 Å². The summed E-state index contributed by atoms with van der Waals surface area (Å²) >= 11 is 5.31. The van der Waals surface area contributed by atoms with Crippen LogP contribution in [0.2, 0.25) is 0 Å². The first-order valence-electron chi connectivity index (χ1n) is 4.88. The number of aryl methyl sites for hydroxylation is 1. The molecule has 1 aromatic rings. The predicted molar refractivity (Wildman–Crippen MR) is 69.3 cm³/mol. The van der Waals surface area contributed by atoms with Crippen molar-refractivity contribution in [2.45, 2.75) is 12.7 Å². The summed E-state index contributed by atoms with van der Waals surface area (Å²) in [6.45, 7) is 2.46. The lowest BCUT2D eigenvalue weighted by atomic mass is 10.4. The Morgan fingerprint density at radius 2 is 2.59 bits per heavy atom. The van der Waals surface area contributed by atoms with E-state index in [0.717, 1.165) is 22.9 Å². The number of carbonyl (C=O) groups excluding carboxylic acids is 1. The van der Waals surface area contributed by atoms with Crippen LogP contribution in [0.3, 0.4) is 0 Å². The molecule has 0 aliphatic heterocycles. The smallest absolute Gasteiger partial charge is 0.340 e. The minimum absolute atomic E-state index is 0.492. The third-order valence-electron chi connectivity index (χ3n) is 1.98. The van der Waals surface area contributed by atoms with Crippen molar-refractivity contribution in [3.63, 3.8) is 0 Å². The van der Waals surface area contributed by atoms with Crippen LogP contribution in [0.4, 0.5) is 4.79 Å². The maximum atomic E-state index is 11.1. The van der Waals surface area contributed by atoms with Crippen molar-refractivity contribution in [3.8, 4) is 6.19 Å². The van der Waals surface area contributed by atoms with Crippen molar-refractivity contribution >= 4 is 30.6 Å². The lowest BCUT2D eigenvalue weighted by Gasteiger charge is -2.07. The SMILES string of the molecule is Cc1[nH]cnc1CSCCNC(=O)N(S)C#N. The van der Waals surface area contributed by atoms with E-state index < -0.39 is 6.03 Å². The fourth-order valence-corrected chi connectivity index (χ4v) is 2.00. The van der Waals surface area contributed by atoms with E-state index in [1.165, 1.54) is 0 Å². The Morgan fingerprint density at radius 3 is 3.18 bits per heavy atom. The number of thiol groups is 1. The van der Waals surface area contributed by atoms with Crippen molar-refractivity contribution in [3.05, 3.63) is 17.7 Å². The number of amides is 2. The van der Waals surface area contributed by atoms with Gasteiger partial charge in [-0.25, -0.2) is 9.78 Å². The Bertz CT molecular complexity index is 414. The number of imidazole rings is 1. The maximum Gasteiger partial charge on any atom is 0.340 e.